The first-order valence-electron chi connectivity index (χ1n) is 10.9. The lowest BCUT2D eigenvalue weighted by atomic mass is 10.0. The molecule has 26 heavy (non-hydrogen) atoms. The van der Waals surface area contributed by atoms with E-state index in [9.17, 15) is 10.2 Å². The van der Waals surface area contributed by atoms with Gasteiger partial charge in [0.2, 0.25) is 0 Å². The maximum atomic E-state index is 10.4. The molecule has 6 atom stereocenters. The molecule has 0 spiro atoms. The van der Waals surface area contributed by atoms with Crippen LogP contribution in [0.15, 0.2) is 0 Å². The summed E-state index contributed by atoms with van der Waals surface area (Å²) in [6.45, 7) is 1.98. The van der Waals surface area contributed by atoms with Crippen molar-refractivity contribution in [3.05, 3.63) is 0 Å². The van der Waals surface area contributed by atoms with Gasteiger partial charge in [0.15, 0.2) is 0 Å². The van der Waals surface area contributed by atoms with E-state index in [1.165, 1.54) is 44.9 Å². The van der Waals surface area contributed by atoms with Gasteiger partial charge in [-0.25, -0.2) is 0 Å². The number of rotatable bonds is 13. The number of hydrogen-bond acceptors (Lipinski definition) is 5. The van der Waals surface area contributed by atoms with Gasteiger partial charge in [-0.3, -0.25) is 0 Å². The fraction of sp³-hybridized carbons (Fsp3) is 1.00. The van der Waals surface area contributed by atoms with Crippen molar-refractivity contribution in [2.24, 2.45) is 0 Å². The summed E-state index contributed by atoms with van der Waals surface area (Å²) >= 11 is 0. The molecule has 2 aliphatic heterocycles. The molecule has 0 aliphatic carbocycles. The lowest BCUT2D eigenvalue weighted by Gasteiger charge is -2.23. The number of aliphatic hydroxyl groups excluding tert-OH is 3. The van der Waals surface area contributed by atoms with Crippen molar-refractivity contribution in [1.82, 2.24) is 0 Å². The van der Waals surface area contributed by atoms with Crippen LogP contribution >= 0.6 is 0 Å². The maximum Gasteiger partial charge on any atom is 0.103 e. The SMILES string of the molecule is CCCCCCCCCC[C@H](O)[C@H]1CC[C@@H]([C@@H]2CC[C@@H]([C@H](O)CO)O2)O1. The molecule has 3 N–H and O–H groups in total. The van der Waals surface area contributed by atoms with Crippen LogP contribution in [0.1, 0.15) is 90.4 Å². The highest BCUT2D eigenvalue weighted by Gasteiger charge is 2.40. The molecule has 2 rings (SSSR count). The summed E-state index contributed by atoms with van der Waals surface area (Å²) in [5, 5.41) is 29.2. The minimum atomic E-state index is -0.801. The molecule has 0 bridgehead atoms. The van der Waals surface area contributed by atoms with Gasteiger partial charge in [0.25, 0.3) is 0 Å². The normalized spacial score (nSPS) is 31.4. The predicted octanol–water partition coefficient (Wildman–Crippen LogP) is 3.33. The van der Waals surface area contributed by atoms with Crippen molar-refractivity contribution in [1.29, 1.82) is 0 Å². The topological polar surface area (TPSA) is 79.2 Å². The molecular formula is C21H40O5. The van der Waals surface area contributed by atoms with E-state index < -0.39 is 6.10 Å². The lowest BCUT2D eigenvalue weighted by molar-refractivity contribution is -0.114. The standard InChI is InChI=1S/C21H40O5/c1-2-3-4-5-6-7-8-9-10-16(23)18-11-13-20(25-18)21-14-12-19(26-21)17(24)15-22/h16-24H,2-15H2,1H3/t16-,17+,18+,19-,20-,21-/m0/s1. The molecule has 2 aliphatic rings. The van der Waals surface area contributed by atoms with Crippen LogP contribution in [0.25, 0.3) is 0 Å². The van der Waals surface area contributed by atoms with Gasteiger partial charge in [-0.1, -0.05) is 58.3 Å². The predicted molar refractivity (Wildman–Crippen MR) is 102 cm³/mol. The van der Waals surface area contributed by atoms with Gasteiger partial charge in [-0.15, -0.1) is 0 Å². The minimum absolute atomic E-state index is 0.0125. The third-order valence-electron chi connectivity index (χ3n) is 5.98. The van der Waals surface area contributed by atoms with Gasteiger partial charge >= 0.3 is 0 Å². The fourth-order valence-corrected chi connectivity index (χ4v) is 4.28. The van der Waals surface area contributed by atoms with Gasteiger partial charge in [0.05, 0.1) is 37.1 Å². The maximum absolute atomic E-state index is 10.4. The van der Waals surface area contributed by atoms with Gasteiger partial charge < -0.3 is 24.8 Å². The van der Waals surface area contributed by atoms with Crippen molar-refractivity contribution in [2.75, 3.05) is 6.61 Å². The van der Waals surface area contributed by atoms with Crippen LogP contribution in [0.4, 0.5) is 0 Å². The third-order valence-corrected chi connectivity index (χ3v) is 5.98. The zero-order chi connectivity index (χ0) is 18.8. The summed E-state index contributed by atoms with van der Waals surface area (Å²) in [6.07, 6.45) is 12.9. The Hall–Kier alpha value is -0.200. The first kappa shape index (κ1) is 22.1. The highest BCUT2D eigenvalue weighted by molar-refractivity contribution is 4.89. The van der Waals surface area contributed by atoms with Crippen LogP contribution in [-0.4, -0.2) is 58.6 Å². The smallest absolute Gasteiger partial charge is 0.103 e. The summed E-state index contributed by atoms with van der Waals surface area (Å²) in [5.74, 6) is 0. The minimum Gasteiger partial charge on any atom is -0.394 e. The van der Waals surface area contributed by atoms with E-state index in [4.69, 9.17) is 14.6 Å². The Labute approximate surface area is 159 Å². The Kier molecular flexibility index (Phi) is 10.4. The van der Waals surface area contributed by atoms with Crippen molar-refractivity contribution in [2.45, 2.75) is 127 Å². The Morgan fingerprint density at radius 3 is 1.77 bits per heavy atom. The van der Waals surface area contributed by atoms with E-state index in [1.807, 2.05) is 0 Å². The fourth-order valence-electron chi connectivity index (χ4n) is 4.28. The molecule has 0 radical (unpaired) electrons. The van der Waals surface area contributed by atoms with E-state index in [0.717, 1.165) is 38.5 Å². The molecule has 2 fully saturated rings. The van der Waals surface area contributed by atoms with Crippen LogP contribution < -0.4 is 0 Å². The quantitative estimate of drug-likeness (QED) is 0.432. The largest absolute Gasteiger partial charge is 0.394 e. The van der Waals surface area contributed by atoms with Crippen LogP contribution in [0.3, 0.4) is 0 Å². The summed E-state index contributed by atoms with van der Waals surface area (Å²) < 4.78 is 11.9. The van der Waals surface area contributed by atoms with E-state index in [2.05, 4.69) is 6.92 Å². The first-order chi connectivity index (χ1) is 12.7. The highest BCUT2D eigenvalue weighted by Crippen LogP contribution is 2.33. The second-order valence-corrected chi connectivity index (χ2v) is 8.16. The Balaban J connectivity index is 1.55. The Morgan fingerprint density at radius 2 is 1.23 bits per heavy atom. The number of ether oxygens (including phenoxy) is 2. The van der Waals surface area contributed by atoms with Crippen molar-refractivity contribution >= 4 is 0 Å². The van der Waals surface area contributed by atoms with Crippen LogP contribution in [0.2, 0.25) is 0 Å². The van der Waals surface area contributed by atoms with Crippen molar-refractivity contribution in [3.63, 3.8) is 0 Å². The zero-order valence-electron chi connectivity index (χ0n) is 16.5. The Bertz CT molecular complexity index is 364. The highest BCUT2D eigenvalue weighted by atomic mass is 16.6. The molecule has 0 saturated carbocycles. The summed E-state index contributed by atoms with van der Waals surface area (Å²) in [4.78, 5) is 0. The average molecular weight is 373 g/mol. The van der Waals surface area contributed by atoms with Gasteiger partial charge in [0.1, 0.15) is 6.10 Å². The van der Waals surface area contributed by atoms with Crippen LogP contribution in [0.5, 0.6) is 0 Å². The molecular weight excluding hydrogens is 332 g/mol. The molecule has 0 aromatic heterocycles. The Morgan fingerprint density at radius 1 is 0.731 bits per heavy atom. The molecule has 0 aromatic rings. The van der Waals surface area contributed by atoms with Gasteiger partial charge in [-0.2, -0.15) is 0 Å². The lowest BCUT2D eigenvalue weighted by Crippen LogP contribution is -2.34. The molecule has 154 valence electrons. The molecule has 0 unspecified atom stereocenters. The second kappa shape index (κ2) is 12.3. The summed E-state index contributed by atoms with van der Waals surface area (Å²) in [6, 6.07) is 0. The monoisotopic (exact) mass is 372 g/mol. The van der Waals surface area contributed by atoms with Crippen molar-refractivity contribution < 1.29 is 24.8 Å². The molecule has 2 heterocycles. The van der Waals surface area contributed by atoms with E-state index in [-0.39, 0.29) is 37.1 Å². The van der Waals surface area contributed by atoms with Gasteiger partial charge in [-0.05, 0) is 32.1 Å². The number of unbranched alkanes of at least 4 members (excludes halogenated alkanes) is 7. The zero-order valence-corrected chi connectivity index (χ0v) is 16.5. The average Bonchev–Trinajstić information content (AvgIpc) is 3.32. The van der Waals surface area contributed by atoms with Gasteiger partial charge in [0, 0.05) is 0 Å². The number of hydrogen-bond donors (Lipinski definition) is 3. The van der Waals surface area contributed by atoms with E-state index in [0.29, 0.717) is 0 Å². The second-order valence-electron chi connectivity index (χ2n) is 8.16. The summed E-state index contributed by atoms with van der Waals surface area (Å²) in [5.41, 5.74) is 0. The molecule has 2 saturated heterocycles. The molecule has 5 heteroatoms. The molecule has 0 aromatic carbocycles. The van der Waals surface area contributed by atoms with Crippen molar-refractivity contribution in [3.8, 4) is 0 Å². The van der Waals surface area contributed by atoms with Crippen LogP contribution in [-0.2, 0) is 9.47 Å². The molecule has 0 amide bonds. The third kappa shape index (κ3) is 7.08. The van der Waals surface area contributed by atoms with E-state index in [1.54, 1.807) is 0 Å². The van der Waals surface area contributed by atoms with E-state index >= 15 is 0 Å². The summed E-state index contributed by atoms with van der Waals surface area (Å²) in [7, 11) is 0. The molecule has 5 nitrogen and oxygen atoms in total. The van der Waals surface area contributed by atoms with Crippen LogP contribution in [0, 0.1) is 0 Å². The number of aliphatic hydroxyl groups is 3. The first-order valence-corrected chi connectivity index (χ1v) is 10.9.